The number of hydrogen-bond donors (Lipinski definition) is 1. The summed E-state index contributed by atoms with van der Waals surface area (Å²) in [6.07, 6.45) is 7.27. The molecule has 0 aromatic carbocycles. The normalized spacial score (nSPS) is 21.4. The van der Waals surface area contributed by atoms with Gasteiger partial charge in [0.2, 0.25) is 0 Å². The van der Waals surface area contributed by atoms with Gasteiger partial charge in [-0.1, -0.05) is 19.3 Å². The molecule has 1 fully saturated rings. The standard InChI is InChI=1S/C12H26N2/c1-11(14(3)10-9-13-2)12-7-5-4-6-8-12/h11-13H,4-10H2,1-3H3. The summed E-state index contributed by atoms with van der Waals surface area (Å²) in [5, 5.41) is 3.21. The van der Waals surface area contributed by atoms with E-state index in [0.717, 1.165) is 18.5 Å². The zero-order chi connectivity index (χ0) is 10.4. The van der Waals surface area contributed by atoms with Crippen molar-refractivity contribution in [2.75, 3.05) is 27.2 Å². The van der Waals surface area contributed by atoms with Gasteiger partial charge in [-0.3, -0.25) is 0 Å². The van der Waals surface area contributed by atoms with E-state index in [-0.39, 0.29) is 0 Å². The highest BCUT2D eigenvalue weighted by molar-refractivity contribution is 4.77. The quantitative estimate of drug-likeness (QED) is 0.728. The third kappa shape index (κ3) is 3.58. The Kier molecular flexibility index (Phi) is 5.49. The predicted octanol–water partition coefficient (Wildman–Crippen LogP) is 2.11. The Balaban J connectivity index is 2.26. The lowest BCUT2D eigenvalue weighted by Gasteiger charge is -2.34. The van der Waals surface area contributed by atoms with Crippen molar-refractivity contribution in [1.29, 1.82) is 0 Å². The lowest BCUT2D eigenvalue weighted by Crippen LogP contribution is -2.39. The minimum atomic E-state index is 0.767. The molecule has 1 saturated carbocycles. The molecule has 1 aliphatic rings. The van der Waals surface area contributed by atoms with Crippen molar-refractivity contribution in [1.82, 2.24) is 10.2 Å². The molecule has 1 N–H and O–H groups in total. The van der Waals surface area contributed by atoms with Gasteiger partial charge in [0.05, 0.1) is 0 Å². The topological polar surface area (TPSA) is 15.3 Å². The third-order valence-electron chi connectivity index (χ3n) is 3.74. The molecule has 84 valence electrons. The van der Waals surface area contributed by atoms with E-state index in [1.807, 2.05) is 7.05 Å². The Bertz CT molecular complexity index is 141. The second kappa shape index (κ2) is 6.41. The van der Waals surface area contributed by atoms with E-state index in [1.54, 1.807) is 0 Å². The van der Waals surface area contributed by atoms with E-state index < -0.39 is 0 Å². The molecule has 1 atom stereocenters. The molecular weight excluding hydrogens is 172 g/mol. The molecule has 0 bridgehead atoms. The minimum absolute atomic E-state index is 0.767. The molecule has 0 heterocycles. The van der Waals surface area contributed by atoms with Crippen molar-refractivity contribution >= 4 is 0 Å². The van der Waals surface area contributed by atoms with Crippen LogP contribution in [0.25, 0.3) is 0 Å². The van der Waals surface area contributed by atoms with Gasteiger partial charge in [0.1, 0.15) is 0 Å². The van der Waals surface area contributed by atoms with Gasteiger partial charge in [-0.25, -0.2) is 0 Å². The van der Waals surface area contributed by atoms with Gasteiger partial charge < -0.3 is 10.2 Å². The van der Waals surface area contributed by atoms with Crippen LogP contribution in [0.15, 0.2) is 0 Å². The smallest absolute Gasteiger partial charge is 0.0107 e. The van der Waals surface area contributed by atoms with E-state index in [1.165, 1.54) is 38.6 Å². The van der Waals surface area contributed by atoms with Gasteiger partial charge in [-0.15, -0.1) is 0 Å². The molecule has 0 aromatic rings. The molecule has 0 aromatic heterocycles. The summed E-state index contributed by atoms with van der Waals surface area (Å²) < 4.78 is 0. The van der Waals surface area contributed by atoms with Crippen LogP contribution in [-0.2, 0) is 0 Å². The summed E-state index contributed by atoms with van der Waals surface area (Å²) in [6.45, 7) is 4.67. The van der Waals surface area contributed by atoms with Crippen LogP contribution in [0.4, 0.5) is 0 Å². The first-order chi connectivity index (χ1) is 6.75. The lowest BCUT2D eigenvalue weighted by molar-refractivity contribution is 0.159. The molecule has 1 aliphatic carbocycles. The Hall–Kier alpha value is -0.0800. The summed E-state index contributed by atoms with van der Waals surface area (Å²) in [5.41, 5.74) is 0. The highest BCUT2D eigenvalue weighted by atomic mass is 15.1. The van der Waals surface area contributed by atoms with Crippen LogP contribution in [0.1, 0.15) is 39.0 Å². The number of hydrogen-bond acceptors (Lipinski definition) is 2. The Labute approximate surface area is 89.1 Å². The highest BCUT2D eigenvalue weighted by Crippen LogP contribution is 2.28. The van der Waals surface area contributed by atoms with Crippen LogP contribution >= 0.6 is 0 Å². The van der Waals surface area contributed by atoms with Crippen molar-refractivity contribution in [3.05, 3.63) is 0 Å². The summed E-state index contributed by atoms with van der Waals surface area (Å²) in [5.74, 6) is 0.950. The molecule has 0 aliphatic heterocycles. The zero-order valence-electron chi connectivity index (χ0n) is 10.1. The highest BCUT2D eigenvalue weighted by Gasteiger charge is 2.22. The van der Waals surface area contributed by atoms with Gasteiger partial charge in [0, 0.05) is 19.1 Å². The van der Waals surface area contributed by atoms with Crippen LogP contribution in [0.3, 0.4) is 0 Å². The molecule has 0 radical (unpaired) electrons. The number of rotatable bonds is 5. The second-order valence-electron chi connectivity index (χ2n) is 4.72. The van der Waals surface area contributed by atoms with E-state index in [4.69, 9.17) is 0 Å². The lowest BCUT2D eigenvalue weighted by atomic mass is 9.84. The van der Waals surface area contributed by atoms with Gasteiger partial charge in [-0.05, 0) is 39.8 Å². The van der Waals surface area contributed by atoms with Gasteiger partial charge in [0.15, 0.2) is 0 Å². The molecule has 1 rings (SSSR count). The first kappa shape index (κ1) is 12.0. The third-order valence-corrected chi connectivity index (χ3v) is 3.74. The number of likely N-dealkylation sites (N-methyl/N-ethyl adjacent to an activating group) is 2. The van der Waals surface area contributed by atoms with Crippen LogP contribution in [0.2, 0.25) is 0 Å². The van der Waals surface area contributed by atoms with E-state index >= 15 is 0 Å². The molecule has 1 unspecified atom stereocenters. The SMILES string of the molecule is CNCCN(C)C(C)C1CCCCC1. The van der Waals surface area contributed by atoms with Crippen molar-refractivity contribution in [3.8, 4) is 0 Å². The fourth-order valence-electron chi connectivity index (χ4n) is 2.47. The maximum Gasteiger partial charge on any atom is 0.0107 e. The van der Waals surface area contributed by atoms with Crippen LogP contribution in [0, 0.1) is 5.92 Å². The molecule has 2 nitrogen and oxygen atoms in total. The minimum Gasteiger partial charge on any atom is -0.318 e. The maximum absolute atomic E-state index is 3.21. The largest absolute Gasteiger partial charge is 0.318 e. The maximum atomic E-state index is 3.21. The molecule has 0 saturated heterocycles. The van der Waals surface area contributed by atoms with Crippen molar-refractivity contribution in [3.63, 3.8) is 0 Å². The summed E-state index contributed by atoms with van der Waals surface area (Å²) in [7, 11) is 4.29. The van der Waals surface area contributed by atoms with E-state index in [9.17, 15) is 0 Å². The van der Waals surface area contributed by atoms with Gasteiger partial charge in [-0.2, -0.15) is 0 Å². The summed E-state index contributed by atoms with van der Waals surface area (Å²) >= 11 is 0. The number of nitrogens with one attached hydrogen (secondary N) is 1. The van der Waals surface area contributed by atoms with Crippen LogP contribution < -0.4 is 5.32 Å². The molecule has 0 amide bonds. The van der Waals surface area contributed by atoms with Gasteiger partial charge >= 0.3 is 0 Å². The monoisotopic (exact) mass is 198 g/mol. The van der Waals surface area contributed by atoms with Crippen LogP contribution in [0.5, 0.6) is 0 Å². The average Bonchev–Trinajstić information content (AvgIpc) is 2.26. The molecule has 2 heteroatoms. The fourth-order valence-corrected chi connectivity index (χ4v) is 2.47. The fraction of sp³-hybridized carbons (Fsp3) is 1.00. The predicted molar refractivity (Wildman–Crippen MR) is 62.6 cm³/mol. The van der Waals surface area contributed by atoms with Crippen molar-refractivity contribution < 1.29 is 0 Å². The second-order valence-corrected chi connectivity index (χ2v) is 4.72. The number of nitrogens with zero attached hydrogens (tertiary/aromatic N) is 1. The Morgan fingerprint density at radius 1 is 1.29 bits per heavy atom. The average molecular weight is 198 g/mol. The Morgan fingerprint density at radius 3 is 2.50 bits per heavy atom. The molecule has 0 spiro atoms. The zero-order valence-corrected chi connectivity index (χ0v) is 10.1. The van der Waals surface area contributed by atoms with Crippen molar-refractivity contribution in [2.45, 2.75) is 45.1 Å². The van der Waals surface area contributed by atoms with Gasteiger partial charge in [0.25, 0.3) is 0 Å². The summed E-state index contributed by atoms with van der Waals surface area (Å²) in [4.78, 5) is 2.51. The van der Waals surface area contributed by atoms with E-state index in [0.29, 0.717) is 0 Å². The molecule has 14 heavy (non-hydrogen) atoms. The summed E-state index contributed by atoms with van der Waals surface area (Å²) in [6, 6.07) is 0.767. The molecular formula is C12H26N2. The Morgan fingerprint density at radius 2 is 1.93 bits per heavy atom. The van der Waals surface area contributed by atoms with Crippen LogP contribution in [-0.4, -0.2) is 38.1 Å². The first-order valence-electron chi connectivity index (χ1n) is 6.10. The van der Waals surface area contributed by atoms with E-state index in [2.05, 4.69) is 24.2 Å². The van der Waals surface area contributed by atoms with Crippen molar-refractivity contribution in [2.24, 2.45) is 5.92 Å². The first-order valence-corrected chi connectivity index (χ1v) is 6.10.